The first kappa shape index (κ1) is 32.8. The quantitative estimate of drug-likeness (QED) is 0.174. The van der Waals surface area contributed by atoms with Gasteiger partial charge in [-0.2, -0.15) is 5.09 Å². The van der Waals surface area contributed by atoms with Crippen LogP contribution in [-0.2, 0) is 23.4 Å². The Balaban J connectivity index is 1.71. The molecule has 0 spiro atoms. The molecule has 2 heterocycles. The molecule has 2 aliphatic rings. The lowest BCUT2D eigenvalue weighted by atomic mass is 9.96. The van der Waals surface area contributed by atoms with Crippen LogP contribution in [-0.4, -0.2) is 70.2 Å². The minimum absolute atomic E-state index is 0.205. The lowest BCUT2D eigenvalue weighted by Crippen LogP contribution is -2.51. The van der Waals surface area contributed by atoms with E-state index in [1.165, 1.54) is 31.0 Å². The van der Waals surface area contributed by atoms with Crippen molar-refractivity contribution < 1.29 is 38.1 Å². The summed E-state index contributed by atoms with van der Waals surface area (Å²) in [7, 11) is -4.22. The number of aliphatic hydroxyl groups excluding tert-OH is 1. The van der Waals surface area contributed by atoms with Crippen molar-refractivity contribution in [3.05, 3.63) is 55.0 Å². The number of hydrogen-bond donors (Lipinski definition) is 4. The fourth-order valence-corrected chi connectivity index (χ4v) is 6.20. The topological polar surface area (TPSA) is 165 Å². The van der Waals surface area contributed by atoms with E-state index in [0.29, 0.717) is 0 Å². The molecule has 41 heavy (non-hydrogen) atoms. The molecule has 0 bridgehead atoms. The molecule has 0 amide bonds. The fraction of sp³-hybridized carbons (Fsp3) is 0.571. The Kier molecular flexibility index (Phi) is 11.5. The Morgan fingerprint density at radius 2 is 1.95 bits per heavy atom. The van der Waals surface area contributed by atoms with E-state index in [9.17, 15) is 19.6 Å². The van der Waals surface area contributed by atoms with Crippen LogP contribution >= 0.6 is 7.75 Å². The van der Waals surface area contributed by atoms with Gasteiger partial charge < -0.3 is 34.8 Å². The molecule has 1 saturated heterocycles. The maximum Gasteiger partial charge on any atom is 0.459 e. The zero-order chi connectivity index (χ0) is 30.2. The van der Waals surface area contributed by atoms with Crippen molar-refractivity contribution >= 4 is 19.6 Å². The molecular formula is C28H43N4O8P. The molecule has 6 atom stereocenters. The summed E-state index contributed by atoms with van der Waals surface area (Å²) in [5.41, 5.74) is 3.92. The average Bonchev–Trinajstić information content (AvgIpc) is 3.14. The van der Waals surface area contributed by atoms with Crippen LogP contribution in [0.15, 0.2) is 60.0 Å². The number of nitrogens with two attached hydrogens (primary N) is 1. The van der Waals surface area contributed by atoms with Crippen LogP contribution in [0.2, 0.25) is 0 Å². The lowest BCUT2D eigenvalue weighted by Gasteiger charge is -2.35. The second kappa shape index (κ2) is 14.4. The smallest absolute Gasteiger partial charge is 0.459 e. The van der Waals surface area contributed by atoms with E-state index in [0.717, 1.165) is 25.7 Å². The van der Waals surface area contributed by atoms with Crippen LogP contribution in [0.3, 0.4) is 0 Å². The van der Waals surface area contributed by atoms with Gasteiger partial charge in [-0.1, -0.05) is 51.5 Å². The molecule has 228 valence electrons. The number of amidine groups is 1. The molecule has 2 aliphatic heterocycles. The number of benzene rings is 1. The summed E-state index contributed by atoms with van der Waals surface area (Å²) < 4.78 is 36.7. The molecule has 12 nitrogen and oxygen atoms in total. The molecule has 0 saturated carbocycles. The standard InChI is InChI=1S/C28H43N4O8P/c1-6-11-21(12-7-2)17-37-26(34)19(3)31-41(36,40-22-13-9-8-10-14-22)38-18-23-25(33)28(5,35)27(39-23)32-16-15-24(29)30-20(32)4/h8-10,13-16,19,21,23,25,27,33,35H,4,6-7,11-12,17-18H2,1-3,5H3,(H2,29,30)(H,31,36)/t19-,23+,25+,27+,28+,41?/m0/s1. The van der Waals surface area contributed by atoms with E-state index in [1.807, 2.05) is 0 Å². The summed E-state index contributed by atoms with van der Waals surface area (Å²) in [5.74, 6) is 0.319. The van der Waals surface area contributed by atoms with E-state index < -0.39 is 50.4 Å². The van der Waals surface area contributed by atoms with Gasteiger partial charge in [-0.3, -0.25) is 9.32 Å². The second-order valence-electron chi connectivity index (χ2n) is 10.5. The highest BCUT2D eigenvalue weighted by molar-refractivity contribution is 7.52. The Morgan fingerprint density at radius 3 is 2.56 bits per heavy atom. The first-order valence-electron chi connectivity index (χ1n) is 13.9. The van der Waals surface area contributed by atoms with Crippen LogP contribution in [0.1, 0.15) is 53.4 Å². The van der Waals surface area contributed by atoms with Gasteiger partial charge in [0.15, 0.2) is 6.23 Å². The van der Waals surface area contributed by atoms with Crippen LogP contribution in [0.5, 0.6) is 5.75 Å². The minimum Gasteiger partial charge on any atom is -0.464 e. The third kappa shape index (κ3) is 8.64. The molecule has 1 fully saturated rings. The van der Waals surface area contributed by atoms with E-state index in [4.69, 9.17) is 24.3 Å². The van der Waals surface area contributed by atoms with Crippen molar-refractivity contribution in [2.24, 2.45) is 16.6 Å². The van der Waals surface area contributed by atoms with Crippen molar-refractivity contribution in [2.75, 3.05) is 13.2 Å². The number of ether oxygens (including phenoxy) is 2. The summed E-state index contributed by atoms with van der Waals surface area (Å²) in [6.45, 7) is 10.7. The van der Waals surface area contributed by atoms with Gasteiger partial charge in [0.2, 0.25) is 0 Å². The van der Waals surface area contributed by atoms with Gasteiger partial charge in [0.05, 0.1) is 13.2 Å². The third-order valence-corrected chi connectivity index (χ3v) is 8.55. The number of nitrogens with one attached hydrogen (secondary N) is 1. The highest BCUT2D eigenvalue weighted by Gasteiger charge is 2.55. The molecular weight excluding hydrogens is 551 g/mol. The number of nitrogens with zero attached hydrogens (tertiary/aromatic N) is 2. The van der Waals surface area contributed by atoms with Crippen LogP contribution in [0.25, 0.3) is 0 Å². The SMILES string of the molecule is C=C1N=C(N)C=CN1[C@@H]1O[C@H](COP(=O)(N[C@@H](C)C(=O)OCC(CCC)CCC)Oc2ccccc2)[C@@H](O)[C@@]1(C)O. The number of aliphatic imine (C=N–C) groups is 1. The zero-order valence-corrected chi connectivity index (χ0v) is 25.0. The maximum atomic E-state index is 13.9. The lowest BCUT2D eigenvalue weighted by molar-refractivity contribution is -0.146. The van der Waals surface area contributed by atoms with Gasteiger partial charge in [-0.25, -0.2) is 9.56 Å². The third-order valence-electron chi connectivity index (χ3n) is 6.91. The van der Waals surface area contributed by atoms with E-state index in [2.05, 4.69) is 30.5 Å². The summed E-state index contributed by atoms with van der Waals surface area (Å²) >= 11 is 0. The highest BCUT2D eigenvalue weighted by Crippen LogP contribution is 2.46. The van der Waals surface area contributed by atoms with Crippen LogP contribution < -0.4 is 15.3 Å². The van der Waals surface area contributed by atoms with E-state index in [1.54, 1.807) is 30.3 Å². The summed E-state index contributed by atoms with van der Waals surface area (Å²) in [6.07, 6.45) is 3.22. The first-order chi connectivity index (χ1) is 19.4. The monoisotopic (exact) mass is 594 g/mol. The summed E-state index contributed by atoms with van der Waals surface area (Å²) in [6, 6.07) is 7.29. The fourth-order valence-electron chi connectivity index (χ4n) is 4.70. The summed E-state index contributed by atoms with van der Waals surface area (Å²) in [5, 5.41) is 24.6. The number of rotatable bonds is 15. The molecule has 0 radical (unpaired) electrons. The van der Waals surface area contributed by atoms with Crippen molar-refractivity contribution in [3.8, 4) is 5.75 Å². The van der Waals surface area contributed by atoms with Gasteiger partial charge in [-0.15, -0.1) is 0 Å². The predicted molar refractivity (Wildman–Crippen MR) is 155 cm³/mol. The van der Waals surface area contributed by atoms with Gasteiger partial charge in [0, 0.05) is 6.20 Å². The summed E-state index contributed by atoms with van der Waals surface area (Å²) in [4.78, 5) is 18.3. The number of carbonyl (C=O) groups excluding carboxylic acids is 1. The molecule has 1 aromatic carbocycles. The highest BCUT2D eigenvalue weighted by atomic mass is 31.2. The number of para-hydroxylation sites is 1. The number of esters is 1. The Labute approximate surface area is 241 Å². The molecule has 1 unspecified atom stereocenters. The van der Waals surface area contributed by atoms with Crippen molar-refractivity contribution in [3.63, 3.8) is 0 Å². The predicted octanol–water partition coefficient (Wildman–Crippen LogP) is 3.42. The van der Waals surface area contributed by atoms with Crippen molar-refractivity contribution in [1.29, 1.82) is 0 Å². The van der Waals surface area contributed by atoms with Gasteiger partial charge in [-0.05, 0) is 50.8 Å². The van der Waals surface area contributed by atoms with Gasteiger partial charge in [0.1, 0.15) is 41.3 Å². The first-order valence-corrected chi connectivity index (χ1v) is 15.4. The van der Waals surface area contributed by atoms with Crippen LogP contribution in [0, 0.1) is 5.92 Å². The zero-order valence-electron chi connectivity index (χ0n) is 24.1. The van der Waals surface area contributed by atoms with Crippen molar-refractivity contribution in [2.45, 2.75) is 83.5 Å². The Morgan fingerprint density at radius 1 is 1.29 bits per heavy atom. The van der Waals surface area contributed by atoms with Gasteiger partial charge >= 0.3 is 13.7 Å². The van der Waals surface area contributed by atoms with E-state index in [-0.39, 0.29) is 29.9 Å². The molecule has 3 rings (SSSR count). The average molecular weight is 595 g/mol. The molecule has 5 N–H and O–H groups in total. The molecule has 0 aliphatic carbocycles. The molecule has 0 aromatic heterocycles. The number of aliphatic hydroxyl groups is 2. The van der Waals surface area contributed by atoms with Crippen molar-refractivity contribution in [1.82, 2.24) is 9.99 Å². The second-order valence-corrected chi connectivity index (χ2v) is 12.2. The Hall–Kier alpha value is -2.73. The maximum absolute atomic E-state index is 13.9. The molecule has 13 heteroatoms. The minimum atomic E-state index is -4.22. The molecule has 1 aromatic rings. The van der Waals surface area contributed by atoms with E-state index >= 15 is 0 Å². The Bertz CT molecular complexity index is 1140. The number of carbonyl (C=O) groups is 1. The number of hydrogen-bond acceptors (Lipinski definition) is 11. The normalized spacial score (nSPS) is 26.5. The van der Waals surface area contributed by atoms with Crippen LogP contribution in [0.4, 0.5) is 0 Å². The van der Waals surface area contributed by atoms with Gasteiger partial charge in [0.25, 0.3) is 0 Å². The largest absolute Gasteiger partial charge is 0.464 e.